The number of anilines is 1. The Hall–Kier alpha value is -2.59. The van der Waals surface area contributed by atoms with Gasteiger partial charge in [-0.3, -0.25) is 14.4 Å². The first-order valence-corrected chi connectivity index (χ1v) is 15.2. The molecule has 0 aliphatic heterocycles. The van der Waals surface area contributed by atoms with Crippen LogP contribution in [0.1, 0.15) is 85.6 Å². The number of nitrogens with two attached hydrogens (primary N) is 2. The summed E-state index contributed by atoms with van der Waals surface area (Å²) in [4.78, 5) is 50.3. The maximum atomic E-state index is 13.3. The summed E-state index contributed by atoms with van der Waals surface area (Å²) in [5, 5.41) is 8.51. The van der Waals surface area contributed by atoms with Gasteiger partial charge in [-0.2, -0.15) is 0 Å². The summed E-state index contributed by atoms with van der Waals surface area (Å²) in [7, 11) is 1.95. The molecule has 0 radical (unpaired) electrons. The van der Waals surface area contributed by atoms with Crippen molar-refractivity contribution in [3.8, 4) is 0 Å². The van der Waals surface area contributed by atoms with Crippen molar-refractivity contribution >= 4 is 38.4 Å². The molecule has 11 nitrogen and oxygen atoms in total. The standard InChI is InChI=1S/C30H52N5O6P/c1-20(2)25(35-24(36)14-15-30(5,6)41-18-16-29(3,4)32)27(38)34-23(9-7-8-17-31)26(37)33-22-12-10-21(11-13-22)19-40-28(39)42/h10-13,20,23,25H,7-9,14-19,31-32,42H2,1-6H3,(H,33,37)(H,34,38)(H,35,36)/t23-,25-/m0/s1. The molecule has 0 aliphatic rings. The average molecular weight is 610 g/mol. The maximum Gasteiger partial charge on any atom is 0.320 e. The number of rotatable bonds is 19. The first-order chi connectivity index (χ1) is 19.5. The van der Waals surface area contributed by atoms with Gasteiger partial charge >= 0.3 is 5.71 Å². The van der Waals surface area contributed by atoms with Crippen LogP contribution in [0, 0.1) is 5.92 Å². The van der Waals surface area contributed by atoms with E-state index < -0.39 is 29.3 Å². The van der Waals surface area contributed by atoms with Crippen LogP contribution in [0.3, 0.4) is 0 Å². The van der Waals surface area contributed by atoms with Gasteiger partial charge in [0.25, 0.3) is 0 Å². The Bertz CT molecular complexity index is 1010. The molecule has 0 saturated heterocycles. The number of benzene rings is 1. The quantitative estimate of drug-likeness (QED) is 0.117. The highest BCUT2D eigenvalue weighted by Crippen LogP contribution is 2.19. The molecule has 3 amide bonds. The third-order valence-electron chi connectivity index (χ3n) is 6.64. The normalized spacial score (nSPS) is 13.3. The van der Waals surface area contributed by atoms with Crippen molar-refractivity contribution in [1.82, 2.24) is 10.6 Å². The van der Waals surface area contributed by atoms with E-state index in [1.165, 1.54) is 0 Å². The highest BCUT2D eigenvalue weighted by molar-refractivity contribution is 7.39. The van der Waals surface area contributed by atoms with Crippen LogP contribution in [0.2, 0.25) is 0 Å². The third-order valence-corrected chi connectivity index (χ3v) is 6.81. The fourth-order valence-corrected chi connectivity index (χ4v) is 4.03. The summed E-state index contributed by atoms with van der Waals surface area (Å²) in [6.45, 7) is 12.5. The molecule has 0 heterocycles. The Morgan fingerprint density at radius 1 is 0.952 bits per heavy atom. The molecule has 0 aliphatic carbocycles. The van der Waals surface area contributed by atoms with Crippen molar-refractivity contribution < 1.29 is 28.7 Å². The van der Waals surface area contributed by atoms with Gasteiger partial charge in [0.15, 0.2) is 0 Å². The highest BCUT2D eigenvalue weighted by atomic mass is 31.0. The Morgan fingerprint density at radius 2 is 1.60 bits per heavy atom. The second-order valence-corrected chi connectivity index (χ2v) is 12.7. The zero-order valence-electron chi connectivity index (χ0n) is 26.1. The average Bonchev–Trinajstić information content (AvgIpc) is 2.88. The molecule has 238 valence electrons. The number of carbonyl (C=O) groups excluding carboxylic acids is 4. The summed E-state index contributed by atoms with van der Waals surface area (Å²) in [6, 6.07) is 5.23. The molecule has 3 atom stereocenters. The van der Waals surface area contributed by atoms with E-state index in [2.05, 4.69) is 16.0 Å². The van der Waals surface area contributed by atoms with Gasteiger partial charge in [0, 0.05) is 24.3 Å². The molecule has 0 spiro atoms. The van der Waals surface area contributed by atoms with Crippen LogP contribution in [0.25, 0.3) is 0 Å². The van der Waals surface area contributed by atoms with Crippen LogP contribution >= 0.6 is 9.24 Å². The van der Waals surface area contributed by atoms with Gasteiger partial charge in [0.05, 0.1) is 5.60 Å². The van der Waals surface area contributed by atoms with Gasteiger partial charge in [0.2, 0.25) is 17.7 Å². The highest BCUT2D eigenvalue weighted by Gasteiger charge is 2.29. The zero-order valence-corrected chi connectivity index (χ0v) is 27.2. The van der Waals surface area contributed by atoms with E-state index in [0.717, 1.165) is 5.56 Å². The fourth-order valence-electron chi connectivity index (χ4n) is 3.95. The number of amides is 3. The van der Waals surface area contributed by atoms with Gasteiger partial charge < -0.3 is 36.9 Å². The fraction of sp³-hybridized carbons (Fsp3) is 0.667. The van der Waals surface area contributed by atoms with Crippen LogP contribution < -0.4 is 27.4 Å². The Kier molecular flexibility index (Phi) is 16.2. The number of unbranched alkanes of at least 4 members (excludes halogenated alkanes) is 1. The van der Waals surface area contributed by atoms with E-state index in [-0.39, 0.29) is 36.3 Å². The lowest BCUT2D eigenvalue weighted by molar-refractivity contribution is -0.132. The first-order valence-electron chi connectivity index (χ1n) is 14.6. The predicted octanol–water partition coefficient (Wildman–Crippen LogP) is 3.59. The first kappa shape index (κ1) is 37.4. The van der Waals surface area contributed by atoms with E-state index in [1.807, 2.05) is 50.8 Å². The molecular formula is C30H52N5O6P. The summed E-state index contributed by atoms with van der Waals surface area (Å²) in [5.74, 6) is -1.28. The van der Waals surface area contributed by atoms with E-state index in [4.69, 9.17) is 20.9 Å². The smallest absolute Gasteiger partial charge is 0.320 e. The second kappa shape index (κ2) is 18.2. The van der Waals surface area contributed by atoms with Gasteiger partial charge in [0.1, 0.15) is 18.7 Å². The Morgan fingerprint density at radius 3 is 2.14 bits per heavy atom. The summed E-state index contributed by atoms with van der Waals surface area (Å²) < 4.78 is 10.9. The molecule has 12 heteroatoms. The molecule has 0 aromatic heterocycles. The summed E-state index contributed by atoms with van der Waals surface area (Å²) in [5.41, 5.74) is 11.6. The van der Waals surface area contributed by atoms with Crippen LogP contribution in [-0.4, -0.2) is 59.8 Å². The third kappa shape index (κ3) is 16.2. The minimum absolute atomic E-state index is 0.119. The van der Waals surface area contributed by atoms with Crippen molar-refractivity contribution in [1.29, 1.82) is 0 Å². The molecule has 0 fully saturated rings. The van der Waals surface area contributed by atoms with Gasteiger partial charge in [-0.25, -0.2) is 4.79 Å². The topological polar surface area (TPSA) is 175 Å². The van der Waals surface area contributed by atoms with Crippen molar-refractivity contribution in [2.75, 3.05) is 18.5 Å². The lowest BCUT2D eigenvalue weighted by Gasteiger charge is -2.28. The molecular weight excluding hydrogens is 557 g/mol. The van der Waals surface area contributed by atoms with E-state index in [0.29, 0.717) is 50.9 Å². The molecule has 0 bridgehead atoms. The van der Waals surface area contributed by atoms with Crippen molar-refractivity contribution in [3.63, 3.8) is 0 Å². The summed E-state index contributed by atoms with van der Waals surface area (Å²) in [6.07, 6.45) is 3.08. The number of carbonyl (C=O) groups is 4. The number of hydrogen-bond donors (Lipinski definition) is 5. The van der Waals surface area contributed by atoms with Gasteiger partial charge in [-0.05, 0) is 99.2 Å². The predicted molar refractivity (Wildman–Crippen MR) is 169 cm³/mol. The van der Waals surface area contributed by atoms with Crippen LogP contribution in [-0.2, 0) is 30.5 Å². The SMILES string of the molecule is CC(C)[C@H](NC(=O)CCC(C)(C)OCCC(C)(C)N)C(=O)N[C@@H](CCCCN)C(=O)Nc1ccc(COC(=O)P)cc1. The van der Waals surface area contributed by atoms with Crippen LogP contribution in [0.15, 0.2) is 24.3 Å². The van der Waals surface area contributed by atoms with Crippen LogP contribution in [0.4, 0.5) is 10.5 Å². The van der Waals surface area contributed by atoms with Gasteiger partial charge in [-0.1, -0.05) is 26.0 Å². The van der Waals surface area contributed by atoms with Crippen molar-refractivity contribution in [3.05, 3.63) is 29.8 Å². The Balaban J connectivity index is 2.81. The Labute approximate surface area is 253 Å². The van der Waals surface area contributed by atoms with E-state index in [1.54, 1.807) is 24.3 Å². The number of ether oxygens (including phenoxy) is 2. The molecule has 7 N–H and O–H groups in total. The molecule has 1 aromatic rings. The zero-order chi connectivity index (χ0) is 31.9. The molecule has 1 unspecified atom stereocenters. The van der Waals surface area contributed by atoms with Gasteiger partial charge in [-0.15, -0.1) is 0 Å². The van der Waals surface area contributed by atoms with E-state index in [9.17, 15) is 19.2 Å². The second-order valence-electron chi connectivity index (χ2n) is 12.3. The number of hydrogen-bond acceptors (Lipinski definition) is 8. The largest absolute Gasteiger partial charge is 0.458 e. The van der Waals surface area contributed by atoms with Crippen molar-refractivity contribution in [2.45, 2.75) is 110 Å². The molecule has 1 rings (SSSR count). The lowest BCUT2D eigenvalue weighted by Crippen LogP contribution is -2.54. The summed E-state index contributed by atoms with van der Waals surface area (Å²) >= 11 is 0. The van der Waals surface area contributed by atoms with E-state index >= 15 is 0 Å². The number of nitrogens with one attached hydrogen (secondary N) is 3. The van der Waals surface area contributed by atoms with Crippen LogP contribution in [0.5, 0.6) is 0 Å². The minimum atomic E-state index is -0.820. The van der Waals surface area contributed by atoms with Crippen molar-refractivity contribution in [2.24, 2.45) is 17.4 Å². The lowest BCUT2D eigenvalue weighted by atomic mass is 9.99. The maximum absolute atomic E-state index is 13.3. The minimum Gasteiger partial charge on any atom is -0.458 e. The molecule has 1 aromatic carbocycles. The molecule has 42 heavy (non-hydrogen) atoms. The monoisotopic (exact) mass is 609 g/mol. The molecule has 0 saturated carbocycles.